The summed E-state index contributed by atoms with van der Waals surface area (Å²) in [6.45, 7) is 1.98. The fraction of sp³-hybridized carbons (Fsp3) is 0.0833. The summed E-state index contributed by atoms with van der Waals surface area (Å²) in [6.07, 6.45) is 0.191. The molecule has 0 radical (unpaired) electrons. The molecule has 0 saturated heterocycles. The Morgan fingerprint density at radius 3 is 2.53 bits per heavy atom. The molecule has 0 atom stereocenters. The molecular weight excluding hydrogens is 400 g/mol. The Bertz CT molecular complexity index is 1250. The molecule has 1 heterocycles. The first-order valence-corrected chi connectivity index (χ1v) is 9.81. The lowest BCUT2D eigenvalue weighted by atomic mass is 10.1. The number of carbonyl (C=O) groups is 2. The summed E-state index contributed by atoms with van der Waals surface area (Å²) in [5, 5.41) is 6.78. The second-order valence-corrected chi connectivity index (χ2v) is 7.42. The van der Waals surface area contributed by atoms with Gasteiger partial charge in [-0.3, -0.25) is 9.59 Å². The van der Waals surface area contributed by atoms with Gasteiger partial charge in [0, 0.05) is 16.1 Å². The fourth-order valence-corrected chi connectivity index (χ4v) is 3.46. The number of para-hydroxylation sites is 1. The first-order chi connectivity index (χ1) is 14.5. The smallest absolute Gasteiger partial charge is 0.293 e. The van der Waals surface area contributed by atoms with Crippen LogP contribution >= 0.6 is 11.6 Å². The highest BCUT2D eigenvalue weighted by molar-refractivity contribution is 6.31. The standard InChI is InChI=1S/C24H19ClN2O3/c1-15-6-4-7-16(12-15)13-21(28)27-22-19-10-2-3-11-20(19)30-23(22)24(29)26-18-9-5-8-17(25)14-18/h2-12,14H,13H2,1H3,(H,26,29)(H,27,28). The van der Waals surface area contributed by atoms with Crippen LogP contribution in [0.1, 0.15) is 21.7 Å². The van der Waals surface area contributed by atoms with Crippen LogP contribution in [0.5, 0.6) is 0 Å². The van der Waals surface area contributed by atoms with Gasteiger partial charge in [0.05, 0.1) is 6.42 Å². The third kappa shape index (κ3) is 4.36. The highest BCUT2D eigenvalue weighted by atomic mass is 35.5. The van der Waals surface area contributed by atoms with Gasteiger partial charge in [0.2, 0.25) is 11.7 Å². The van der Waals surface area contributed by atoms with E-state index in [-0.39, 0.29) is 18.1 Å². The zero-order chi connectivity index (χ0) is 21.1. The van der Waals surface area contributed by atoms with Crippen molar-refractivity contribution in [2.75, 3.05) is 10.6 Å². The minimum absolute atomic E-state index is 0.0359. The first-order valence-electron chi connectivity index (χ1n) is 9.43. The molecule has 5 nitrogen and oxygen atoms in total. The Morgan fingerprint density at radius 2 is 1.73 bits per heavy atom. The Balaban J connectivity index is 1.63. The molecular formula is C24H19ClN2O3. The van der Waals surface area contributed by atoms with E-state index in [1.807, 2.05) is 43.3 Å². The van der Waals surface area contributed by atoms with Gasteiger partial charge in [-0.25, -0.2) is 0 Å². The number of nitrogens with one attached hydrogen (secondary N) is 2. The summed E-state index contributed by atoms with van der Waals surface area (Å²) < 4.78 is 5.77. The average Bonchev–Trinajstić information content (AvgIpc) is 3.06. The molecule has 0 unspecified atom stereocenters. The Morgan fingerprint density at radius 1 is 0.933 bits per heavy atom. The lowest BCUT2D eigenvalue weighted by molar-refractivity contribution is -0.115. The second kappa shape index (κ2) is 8.43. The SMILES string of the molecule is Cc1cccc(CC(=O)Nc2c(C(=O)Nc3cccc(Cl)c3)oc3ccccc23)c1. The number of rotatable bonds is 5. The van der Waals surface area contributed by atoms with Gasteiger partial charge in [-0.05, 0) is 42.8 Å². The van der Waals surface area contributed by atoms with Crippen LogP contribution in [-0.2, 0) is 11.2 Å². The number of hydrogen-bond donors (Lipinski definition) is 2. The zero-order valence-corrected chi connectivity index (χ0v) is 17.0. The number of anilines is 2. The number of furan rings is 1. The van der Waals surface area contributed by atoms with Gasteiger partial charge in [-0.15, -0.1) is 0 Å². The van der Waals surface area contributed by atoms with Crippen molar-refractivity contribution >= 4 is 45.8 Å². The molecule has 1 aromatic heterocycles. The molecule has 0 aliphatic heterocycles. The number of hydrogen-bond acceptors (Lipinski definition) is 3. The van der Waals surface area contributed by atoms with E-state index in [0.29, 0.717) is 27.4 Å². The van der Waals surface area contributed by atoms with E-state index in [2.05, 4.69) is 10.6 Å². The van der Waals surface area contributed by atoms with Gasteiger partial charge < -0.3 is 15.1 Å². The minimum Gasteiger partial charge on any atom is -0.449 e. The van der Waals surface area contributed by atoms with Crippen LogP contribution in [0.25, 0.3) is 11.0 Å². The Hall–Kier alpha value is -3.57. The lowest BCUT2D eigenvalue weighted by Gasteiger charge is -2.08. The van der Waals surface area contributed by atoms with Crippen molar-refractivity contribution in [2.24, 2.45) is 0 Å². The van der Waals surface area contributed by atoms with Gasteiger partial charge in [0.25, 0.3) is 5.91 Å². The third-order valence-electron chi connectivity index (χ3n) is 4.60. The van der Waals surface area contributed by atoms with Crippen LogP contribution in [-0.4, -0.2) is 11.8 Å². The average molecular weight is 419 g/mol. The van der Waals surface area contributed by atoms with Crippen molar-refractivity contribution in [2.45, 2.75) is 13.3 Å². The van der Waals surface area contributed by atoms with E-state index < -0.39 is 5.91 Å². The maximum Gasteiger partial charge on any atom is 0.293 e. The molecule has 4 rings (SSSR count). The van der Waals surface area contributed by atoms with E-state index in [1.54, 1.807) is 36.4 Å². The minimum atomic E-state index is -0.473. The van der Waals surface area contributed by atoms with Gasteiger partial charge in [0.1, 0.15) is 11.3 Å². The quantitative estimate of drug-likeness (QED) is 0.428. The van der Waals surface area contributed by atoms with E-state index in [4.69, 9.17) is 16.0 Å². The summed E-state index contributed by atoms with van der Waals surface area (Å²) in [5.41, 5.74) is 3.37. The monoisotopic (exact) mass is 418 g/mol. The van der Waals surface area contributed by atoms with Crippen LogP contribution in [0.4, 0.5) is 11.4 Å². The maximum absolute atomic E-state index is 12.9. The summed E-state index contributed by atoms with van der Waals surface area (Å²) in [7, 11) is 0. The topological polar surface area (TPSA) is 71.3 Å². The molecule has 0 bridgehead atoms. The predicted octanol–water partition coefficient (Wildman–Crippen LogP) is 5.83. The molecule has 0 aliphatic rings. The molecule has 0 saturated carbocycles. The van der Waals surface area contributed by atoms with Crippen LogP contribution in [0, 0.1) is 6.92 Å². The third-order valence-corrected chi connectivity index (χ3v) is 4.83. The number of fused-ring (bicyclic) bond motifs is 1. The van der Waals surface area contributed by atoms with Gasteiger partial charge in [0.15, 0.2) is 0 Å². The number of carbonyl (C=O) groups excluding carboxylic acids is 2. The number of amides is 2. The van der Waals surface area contributed by atoms with Crippen molar-refractivity contribution < 1.29 is 14.0 Å². The molecule has 30 heavy (non-hydrogen) atoms. The molecule has 150 valence electrons. The summed E-state index contributed by atoms with van der Waals surface area (Å²) in [4.78, 5) is 25.6. The number of aryl methyl sites for hydroxylation is 1. The second-order valence-electron chi connectivity index (χ2n) is 6.98. The summed E-state index contributed by atoms with van der Waals surface area (Å²) in [6, 6.07) is 21.7. The molecule has 0 aliphatic carbocycles. The maximum atomic E-state index is 12.9. The van der Waals surface area contributed by atoms with Crippen LogP contribution in [0.3, 0.4) is 0 Å². The Kier molecular flexibility index (Phi) is 5.55. The molecule has 4 aromatic rings. The van der Waals surface area contributed by atoms with E-state index in [1.165, 1.54) is 0 Å². The number of halogens is 1. The molecule has 2 N–H and O–H groups in total. The summed E-state index contributed by atoms with van der Waals surface area (Å²) >= 11 is 6.00. The van der Waals surface area contributed by atoms with Crippen molar-refractivity contribution in [1.82, 2.24) is 0 Å². The molecule has 3 aromatic carbocycles. The molecule has 0 spiro atoms. The van der Waals surface area contributed by atoms with E-state index in [0.717, 1.165) is 11.1 Å². The molecule has 2 amide bonds. The van der Waals surface area contributed by atoms with Gasteiger partial charge >= 0.3 is 0 Å². The Labute approximate surface area is 178 Å². The lowest BCUT2D eigenvalue weighted by Crippen LogP contribution is -2.18. The van der Waals surface area contributed by atoms with Crippen molar-refractivity contribution in [3.8, 4) is 0 Å². The molecule has 6 heteroatoms. The predicted molar refractivity (Wildman–Crippen MR) is 119 cm³/mol. The normalized spacial score (nSPS) is 10.7. The highest BCUT2D eigenvalue weighted by Crippen LogP contribution is 2.32. The van der Waals surface area contributed by atoms with Crippen molar-refractivity contribution in [3.63, 3.8) is 0 Å². The number of benzene rings is 3. The first kappa shape index (κ1) is 19.7. The van der Waals surface area contributed by atoms with Crippen molar-refractivity contribution in [3.05, 3.63) is 94.7 Å². The van der Waals surface area contributed by atoms with E-state index in [9.17, 15) is 9.59 Å². The largest absolute Gasteiger partial charge is 0.449 e. The summed E-state index contributed by atoms with van der Waals surface area (Å²) in [5.74, 6) is -0.669. The highest BCUT2D eigenvalue weighted by Gasteiger charge is 2.22. The van der Waals surface area contributed by atoms with E-state index >= 15 is 0 Å². The van der Waals surface area contributed by atoms with Crippen LogP contribution < -0.4 is 10.6 Å². The van der Waals surface area contributed by atoms with Gasteiger partial charge in [-0.2, -0.15) is 0 Å². The van der Waals surface area contributed by atoms with Crippen molar-refractivity contribution in [1.29, 1.82) is 0 Å². The van der Waals surface area contributed by atoms with Crippen LogP contribution in [0.15, 0.2) is 77.2 Å². The fourth-order valence-electron chi connectivity index (χ4n) is 3.27. The van der Waals surface area contributed by atoms with Gasteiger partial charge in [-0.1, -0.05) is 59.6 Å². The van der Waals surface area contributed by atoms with Crippen LogP contribution in [0.2, 0.25) is 5.02 Å². The zero-order valence-electron chi connectivity index (χ0n) is 16.2. The molecule has 0 fully saturated rings.